The molecule has 0 bridgehead atoms. The van der Waals surface area contributed by atoms with Crippen molar-refractivity contribution in [2.75, 3.05) is 13.1 Å². The van der Waals surface area contributed by atoms with Gasteiger partial charge < -0.3 is 0 Å². The lowest BCUT2D eigenvalue weighted by Gasteiger charge is -2.15. The van der Waals surface area contributed by atoms with Gasteiger partial charge in [-0.05, 0) is 43.1 Å². The fraction of sp³-hybridized carbons (Fsp3) is 0.462. The van der Waals surface area contributed by atoms with Crippen molar-refractivity contribution < 1.29 is 0 Å². The lowest BCUT2D eigenvalue weighted by Crippen LogP contribution is -2.18. The molecule has 1 saturated heterocycles. The van der Waals surface area contributed by atoms with Crippen molar-refractivity contribution in [2.45, 2.75) is 25.8 Å². The second-order valence-electron chi connectivity index (χ2n) is 4.24. The fourth-order valence-electron chi connectivity index (χ4n) is 2.10. The van der Waals surface area contributed by atoms with Gasteiger partial charge in [-0.15, -0.1) is 0 Å². The van der Waals surface area contributed by atoms with E-state index < -0.39 is 0 Å². The van der Waals surface area contributed by atoms with E-state index in [9.17, 15) is 0 Å². The van der Waals surface area contributed by atoms with Crippen molar-refractivity contribution in [3.63, 3.8) is 0 Å². The molecule has 0 saturated carbocycles. The molecule has 1 fully saturated rings. The minimum Gasteiger partial charge on any atom is -0.299 e. The molecule has 0 aromatic heterocycles. The zero-order chi connectivity index (χ0) is 11.4. The summed E-state index contributed by atoms with van der Waals surface area (Å²) in [5.41, 5.74) is 2.41. The Kier molecular flexibility index (Phi) is 3.98. The second kappa shape index (κ2) is 5.47. The van der Waals surface area contributed by atoms with Crippen LogP contribution in [0.3, 0.4) is 0 Å². The van der Waals surface area contributed by atoms with Crippen LogP contribution in [0, 0.1) is 11.3 Å². The summed E-state index contributed by atoms with van der Waals surface area (Å²) in [6, 6.07) is 8.43. The highest BCUT2D eigenvalue weighted by Crippen LogP contribution is 2.22. The average molecular weight is 279 g/mol. The van der Waals surface area contributed by atoms with Gasteiger partial charge in [0.1, 0.15) is 0 Å². The van der Waals surface area contributed by atoms with E-state index in [1.165, 1.54) is 31.5 Å². The Bertz CT molecular complexity index is 403. The molecule has 0 N–H and O–H groups in total. The Morgan fingerprint density at radius 1 is 1.31 bits per heavy atom. The Hall–Kier alpha value is -0.850. The van der Waals surface area contributed by atoms with E-state index in [1.807, 2.05) is 0 Å². The summed E-state index contributed by atoms with van der Waals surface area (Å²) in [5.74, 6) is 0. The number of hydrogen-bond donors (Lipinski definition) is 0. The topological polar surface area (TPSA) is 27.0 Å². The molecule has 0 atom stereocenters. The van der Waals surface area contributed by atoms with Crippen LogP contribution in [-0.2, 0) is 13.0 Å². The van der Waals surface area contributed by atoms with Gasteiger partial charge in [0.25, 0.3) is 0 Å². The number of nitrogens with zero attached hydrogens (tertiary/aromatic N) is 2. The monoisotopic (exact) mass is 278 g/mol. The summed E-state index contributed by atoms with van der Waals surface area (Å²) in [5, 5.41) is 8.64. The van der Waals surface area contributed by atoms with Crippen molar-refractivity contribution in [2.24, 2.45) is 0 Å². The van der Waals surface area contributed by atoms with Gasteiger partial charge in [0.05, 0.1) is 12.5 Å². The minimum absolute atomic E-state index is 0.489. The number of likely N-dealkylation sites (tertiary alicyclic amines) is 1. The molecule has 1 heterocycles. The molecule has 3 heteroatoms. The van der Waals surface area contributed by atoms with Crippen molar-refractivity contribution in [3.8, 4) is 6.07 Å². The largest absolute Gasteiger partial charge is 0.299 e. The van der Waals surface area contributed by atoms with E-state index in [0.29, 0.717) is 6.42 Å². The smallest absolute Gasteiger partial charge is 0.0669 e. The van der Waals surface area contributed by atoms with Crippen LogP contribution in [0.4, 0.5) is 0 Å². The van der Waals surface area contributed by atoms with Gasteiger partial charge in [0.15, 0.2) is 0 Å². The van der Waals surface area contributed by atoms with E-state index >= 15 is 0 Å². The SMILES string of the molecule is N#CCc1ccc(CN2CCCC2)c(Br)c1. The van der Waals surface area contributed by atoms with E-state index in [-0.39, 0.29) is 0 Å². The summed E-state index contributed by atoms with van der Waals surface area (Å²) < 4.78 is 1.13. The Labute approximate surface area is 105 Å². The maximum absolute atomic E-state index is 8.64. The molecule has 0 aliphatic carbocycles. The van der Waals surface area contributed by atoms with E-state index in [1.54, 1.807) is 0 Å². The zero-order valence-electron chi connectivity index (χ0n) is 9.25. The average Bonchev–Trinajstić information content (AvgIpc) is 2.75. The van der Waals surface area contributed by atoms with Crippen LogP contribution in [0.2, 0.25) is 0 Å². The first-order valence-corrected chi connectivity index (χ1v) is 6.45. The van der Waals surface area contributed by atoms with Gasteiger partial charge in [-0.2, -0.15) is 5.26 Å². The summed E-state index contributed by atoms with van der Waals surface area (Å²) in [6.45, 7) is 3.45. The third-order valence-corrected chi connectivity index (χ3v) is 3.73. The third kappa shape index (κ3) is 2.84. The van der Waals surface area contributed by atoms with Crippen molar-refractivity contribution in [3.05, 3.63) is 33.8 Å². The standard InChI is InChI=1S/C13H15BrN2/c14-13-9-11(5-6-15)3-4-12(13)10-16-7-1-2-8-16/h3-4,9H,1-2,5,7-8,10H2. The quantitative estimate of drug-likeness (QED) is 0.850. The Balaban J connectivity index is 2.07. The van der Waals surface area contributed by atoms with Gasteiger partial charge in [-0.3, -0.25) is 4.90 Å². The second-order valence-corrected chi connectivity index (χ2v) is 5.10. The van der Waals surface area contributed by atoms with Gasteiger partial charge in [0.2, 0.25) is 0 Å². The first-order chi connectivity index (χ1) is 7.79. The first-order valence-electron chi connectivity index (χ1n) is 5.66. The lowest BCUT2D eigenvalue weighted by molar-refractivity contribution is 0.331. The van der Waals surface area contributed by atoms with Gasteiger partial charge in [-0.1, -0.05) is 28.1 Å². The van der Waals surface area contributed by atoms with Crippen LogP contribution >= 0.6 is 15.9 Å². The van der Waals surface area contributed by atoms with Crippen LogP contribution in [-0.4, -0.2) is 18.0 Å². The highest BCUT2D eigenvalue weighted by molar-refractivity contribution is 9.10. The molecule has 2 nitrogen and oxygen atoms in total. The summed E-state index contributed by atoms with van der Waals surface area (Å²) in [4.78, 5) is 2.48. The molecule has 0 amide bonds. The number of halogens is 1. The van der Waals surface area contributed by atoms with Crippen molar-refractivity contribution in [1.82, 2.24) is 4.90 Å². The molecule has 2 rings (SSSR count). The number of nitriles is 1. The molecular weight excluding hydrogens is 264 g/mol. The molecule has 16 heavy (non-hydrogen) atoms. The Morgan fingerprint density at radius 3 is 2.69 bits per heavy atom. The number of benzene rings is 1. The van der Waals surface area contributed by atoms with Crippen molar-refractivity contribution in [1.29, 1.82) is 5.26 Å². The molecule has 1 aromatic carbocycles. The normalized spacial score (nSPS) is 16.2. The predicted molar refractivity (Wildman–Crippen MR) is 68.0 cm³/mol. The van der Waals surface area contributed by atoms with Crippen LogP contribution in [0.1, 0.15) is 24.0 Å². The van der Waals surface area contributed by atoms with Crippen molar-refractivity contribution >= 4 is 15.9 Å². The maximum Gasteiger partial charge on any atom is 0.0669 e. The maximum atomic E-state index is 8.64. The lowest BCUT2D eigenvalue weighted by atomic mass is 10.1. The predicted octanol–water partition coefficient (Wildman–Crippen LogP) is 3.11. The summed E-state index contributed by atoms with van der Waals surface area (Å²) >= 11 is 3.59. The molecule has 1 aromatic rings. The number of rotatable bonds is 3. The third-order valence-electron chi connectivity index (χ3n) is 2.99. The van der Waals surface area contributed by atoms with E-state index in [2.05, 4.69) is 45.1 Å². The van der Waals surface area contributed by atoms with E-state index in [4.69, 9.17) is 5.26 Å². The highest BCUT2D eigenvalue weighted by atomic mass is 79.9. The summed E-state index contributed by atoms with van der Waals surface area (Å²) in [6.07, 6.45) is 3.14. The van der Waals surface area contributed by atoms with Crippen LogP contribution in [0.25, 0.3) is 0 Å². The molecule has 0 spiro atoms. The molecule has 0 unspecified atom stereocenters. The molecule has 0 radical (unpaired) electrons. The molecule has 1 aliphatic rings. The molecule has 1 aliphatic heterocycles. The van der Waals surface area contributed by atoms with Gasteiger partial charge in [0, 0.05) is 11.0 Å². The van der Waals surface area contributed by atoms with Gasteiger partial charge in [-0.25, -0.2) is 0 Å². The van der Waals surface area contributed by atoms with E-state index in [0.717, 1.165) is 16.6 Å². The zero-order valence-corrected chi connectivity index (χ0v) is 10.8. The van der Waals surface area contributed by atoms with Crippen LogP contribution in [0.15, 0.2) is 22.7 Å². The highest BCUT2D eigenvalue weighted by Gasteiger charge is 2.13. The minimum atomic E-state index is 0.489. The molecular formula is C13H15BrN2. The summed E-state index contributed by atoms with van der Waals surface area (Å²) in [7, 11) is 0. The fourth-order valence-corrected chi connectivity index (χ4v) is 2.65. The number of hydrogen-bond acceptors (Lipinski definition) is 2. The van der Waals surface area contributed by atoms with Gasteiger partial charge >= 0.3 is 0 Å². The van der Waals surface area contributed by atoms with Crippen LogP contribution in [0.5, 0.6) is 0 Å². The molecule has 84 valence electrons. The van der Waals surface area contributed by atoms with Crippen LogP contribution < -0.4 is 0 Å². The Morgan fingerprint density at radius 2 is 2.06 bits per heavy atom. The first kappa shape index (κ1) is 11.6.